The van der Waals surface area contributed by atoms with Crippen LogP contribution in [0.2, 0.25) is 0 Å². The van der Waals surface area contributed by atoms with Gasteiger partial charge in [0, 0.05) is 68.9 Å². The molecular weight excluding hydrogens is 1020 g/mol. The van der Waals surface area contributed by atoms with Gasteiger partial charge in [0.25, 0.3) is 0 Å². The van der Waals surface area contributed by atoms with Crippen LogP contribution in [0.3, 0.4) is 0 Å². The summed E-state index contributed by atoms with van der Waals surface area (Å²) < 4.78 is 13.8. The normalized spacial score (nSPS) is 11.3. The molecule has 7 nitrogen and oxygen atoms in total. The Kier molecular flexibility index (Phi) is 13.6. The summed E-state index contributed by atoms with van der Waals surface area (Å²) in [5.41, 5.74) is 5.81. The number of hydrogen-bond acceptors (Lipinski definition) is 6. The number of aromatic nitrogens is 3. The third-order valence-electron chi connectivity index (χ3n) is 7.57. The largest absolute Gasteiger partial charge is 4.00 e. The van der Waals surface area contributed by atoms with E-state index in [4.69, 9.17) is 20.9 Å². The van der Waals surface area contributed by atoms with Crippen molar-refractivity contribution in [1.29, 1.82) is 0 Å². The number of para-hydroxylation sites is 1. The van der Waals surface area contributed by atoms with Gasteiger partial charge in [-0.15, -0.1) is 65.8 Å². The Bertz CT molecular complexity index is 2290. The number of hydrogen-bond donors (Lipinski definition) is 0. The van der Waals surface area contributed by atoms with Crippen LogP contribution < -0.4 is 14.4 Å². The van der Waals surface area contributed by atoms with Crippen molar-refractivity contribution in [3.8, 4) is 62.6 Å². The van der Waals surface area contributed by atoms with Gasteiger partial charge in [0.2, 0.25) is 0 Å². The van der Waals surface area contributed by atoms with Crippen molar-refractivity contribution in [2.75, 3.05) is 11.9 Å². The third kappa shape index (κ3) is 9.81. The Morgan fingerprint density at radius 1 is 0.717 bits per heavy atom. The van der Waals surface area contributed by atoms with Crippen molar-refractivity contribution < 1.29 is 51.6 Å². The monoisotopic (exact) mass is 1050 g/mol. The number of ether oxygens (including phenoxy) is 2. The minimum absolute atomic E-state index is 0. The van der Waals surface area contributed by atoms with Gasteiger partial charge < -0.3 is 35.2 Å². The quantitative estimate of drug-likeness (QED) is 0.112. The fourth-order valence-corrected chi connectivity index (χ4v) is 5.26. The Morgan fingerprint density at radius 3 is 2.04 bits per heavy atom. The van der Waals surface area contributed by atoms with Gasteiger partial charge in [0.1, 0.15) is 0 Å². The Hall–Kier alpha value is -5.66. The molecule has 4 aromatic carbocycles. The molecule has 0 saturated heterocycles. The smallest absolute Gasteiger partial charge is 0.669 e. The number of rotatable bonds is 8. The van der Waals surface area contributed by atoms with Gasteiger partial charge in [-0.3, -0.25) is 16.1 Å². The molecule has 8 rings (SSSR count). The van der Waals surface area contributed by atoms with Crippen molar-refractivity contribution in [1.82, 2.24) is 19.4 Å². The number of pyridine rings is 2. The zero-order chi connectivity index (χ0) is 34.8. The Labute approximate surface area is 339 Å². The molecular formula is C44H28N5O2Pt2-3. The zero-order valence-electron chi connectivity index (χ0n) is 28.1. The number of nitrogens with zero attached hydrogens (tertiary/aromatic N) is 5. The van der Waals surface area contributed by atoms with E-state index in [1.165, 1.54) is 0 Å². The van der Waals surface area contributed by atoms with E-state index in [2.05, 4.69) is 41.4 Å². The van der Waals surface area contributed by atoms with Crippen molar-refractivity contribution in [3.63, 3.8) is 0 Å². The first-order valence-electron chi connectivity index (χ1n) is 15.9. The van der Waals surface area contributed by atoms with E-state index in [1.54, 1.807) is 35.6 Å². The number of benzene rings is 4. The van der Waals surface area contributed by atoms with Crippen LogP contribution in [0.1, 0.15) is 0 Å². The molecule has 0 unspecified atom stereocenters. The minimum atomic E-state index is 0. The maximum absolute atomic E-state index is 6.57. The summed E-state index contributed by atoms with van der Waals surface area (Å²) in [5.74, 6) is 2.32. The maximum Gasteiger partial charge on any atom is 4.00 e. The van der Waals surface area contributed by atoms with Crippen molar-refractivity contribution >= 4 is 5.69 Å². The van der Waals surface area contributed by atoms with E-state index in [9.17, 15) is 0 Å². The molecule has 0 N–H and O–H groups in total. The second-order valence-corrected chi connectivity index (χ2v) is 11.1. The van der Waals surface area contributed by atoms with E-state index in [1.807, 2.05) is 139 Å². The molecule has 4 heterocycles. The number of anilines is 1. The average Bonchev–Trinajstić information content (AvgIpc) is 3.88. The molecule has 53 heavy (non-hydrogen) atoms. The van der Waals surface area contributed by atoms with Crippen molar-refractivity contribution in [2.24, 2.45) is 0 Å². The molecule has 7 aromatic rings. The first kappa shape index (κ1) is 38.6. The fraction of sp³-hybridized carbons (Fsp3) is 0.0227. The Balaban J connectivity index is 0.000000542. The molecule has 0 saturated carbocycles. The van der Waals surface area contributed by atoms with Crippen LogP contribution in [0.25, 0.3) is 33.5 Å². The van der Waals surface area contributed by atoms with E-state index < -0.39 is 0 Å². The van der Waals surface area contributed by atoms with Crippen molar-refractivity contribution in [2.45, 2.75) is 0 Å². The Morgan fingerprint density at radius 2 is 1.38 bits per heavy atom. The van der Waals surface area contributed by atoms with Crippen LogP contribution in [0.15, 0.2) is 147 Å². The second kappa shape index (κ2) is 18.7. The zero-order valence-corrected chi connectivity index (χ0v) is 32.7. The first-order valence-corrected chi connectivity index (χ1v) is 15.9. The molecule has 0 radical (unpaired) electrons. The van der Waals surface area contributed by atoms with E-state index in [-0.39, 0.29) is 42.1 Å². The maximum atomic E-state index is 6.57. The molecule has 0 spiro atoms. The van der Waals surface area contributed by atoms with Crippen LogP contribution in [0.4, 0.5) is 5.69 Å². The summed E-state index contributed by atoms with van der Waals surface area (Å²) in [7, 11) is 1.98. The summed E-state index contributed by atoms with van der Waals surface area (Å²) in [6, 6.07) is 51.2. The standard InChI is InChI=1S/C38H24N4O2.C6H4N.2Pt/c1-41-22-23-42(27-41)31-10-7-15-35(26-31)44-34-14-6-9-30(25-34)38-37(28-16-19-39-20-17-28)36(18-21-40-38)29-8-5-13-33(24-29)43-32-11-3-2-4-12-32;1-2-7-5-3-4-6-7;;/h2-11,13-17,19-23,27H,1H3;3-6H;;/q-6;-1;;+4. The van der Waals surface area contributed by atoms with Gasteiger partial charge in [-0.2, -0.15) is 48.6 Å². The predicted octanol–water partition coefficient (Wildman–Crippen LogP) is 9.28. The van der Waals surface area contributed by atoms with Crippen LogP contribution in [0, 0.1) is 49.5 Å². The molecule has 0 aliphatic carbocycles. The summed E-state index contributed by atoms with van der Waals surface area (Å²) in [4.78, 5) is 13.0. The van der Waals surface area contributed by atoms with Gasteiger partial charge in [0.15, 0.2) is 0 Å². The van der Waals surface area contributed by atoms with Crippen LogP contribution in [-0.4, -0.2) is 26.5 Å². The summed E-state index contributed by atoms with van der Waals surface area (Å²) in [5, 5.41) is 0. The average molecular weight is 1050 g/mol. The van der Waals surface area contributed by atoms with Gasteiger partial charge in [-0.05, 0) is 43.7 Å². The predicted molar refractivity (Wildman–Crippen MR) is 196 cm³/mol. The van der Waals surface area contributed by atoms with Crippen LogP contribution in [0.5, 0.6) is 23.0 Å². The van der Waals surface area contributed by atoms with Crippen LogP contribution in [-0.2, 0) is 42.1 Å². The molecule has 0 bridgehead atoms. The van der Waals surface area contributed by atoms with Gasteiger partial charge in [0.05, 0.1) is 0 Å². The molecule has 0 atom stereocenters. The van der Waals surface area contributed by atoms with Gasteiger partial charge >= 0.3 is 21.1 Å². The van der Waals surface area contributed by atoms with Crippen LogP contribution >= 0.6 is 0 Å². The minimum Gasteiger partial charge on any atom is -0.669 e. The second-order valence-electron chi connectivity index (χ2n) is 11.1. The molecule has 9 heteroatoms. The fourth-order valence-electron chi connectivity index (χ4n) is 5.26. The van der Waals surface area contributed by atoms with E-state index in [0.717, 1.165) is 39.2 Å². The molecule has 3 aromatic heterocycles. The molecule has 0 fully saturated rings. The summed E-state index contributed by atoms with van der Waals surface area (Å²) in [6.07, 6.45) is 19.2. The van der Waals surface area contributed by atoms with E-state index in [0.29, 0.717) is 23.0 Å². The van der Waals surface area contributed by atoms with Crippen molar-refractivity contribution in [3.05, 3.63) is 190 Å². The molecule has 264 valence electrons. The summed E-state index contributed by atoms with van der Waals surface area (Å²) >= 11 is 0. The summed E-state index contributed by atoms with van der Waals surface area (Å²) in [6.45, 7) is 1.97. The van der Waals surface area contributed by atoms with E-state index >= 15 is 0 Å². The molecule has 1 aliphatic heterocycles. The van der Waals surface area contributed by atoms with Gasteiger partial charge in [-0.25, -0.2) is 18.2 Å². The molecule has 1 aliphatic rings. The molecule has 0 amide bonds. The first-order chi connectivity index (χ1) is 25.1. The SMILES string of the molecule is CN1C=CN(c2[c-]c(Oc3[c-]c(-c4nc[c-]c(-c5[c-]c(Oc6[c-]cccc6)ccc5)c4-c4ccncc4)ccc3)ccc2)[CH-]1.[C-]#Cn1cccc1.[Pt+4].[Pt]. The van der Waals surface area contributed by atoms with Gasteiger partial charge in [-0.1, -0.05) is 23.5 Å². The third-order valence-corrected chi connectivity index (χ3v) is 7.57. The topological polar surface area (TPSA) is 55.6 Å².